The Kier molecular flexibility index (Phi) is 18.7. The third kappa shape index (κ3) is 14.6. The van der Waals surface area contributed by atoms with Gasteiger partial charge in [-0.2, -0.15) is 0 Å². The number of carboxylic acids is 3. The van der Waals surface area contributed by atoms with Crippen LogP contribution in [0.5, 0.6) is 0 Å². The Morgan fingerprint density at radius 3 is 1.50 bits per heavy atom. The highest BCUT2D eigenvalue weighted by atomic mass is 16.4. The maximum atomic E-state index is 13.4. The Labute approximate surface area is 266 Å². The van der Waals surface area contributed by atoms with Crippen LogP contribution in [0.15, 0.2) is 0 Å². The van der Waals surface area contributed by atoms with Crippen molar-refractivity contribution in [3.05, 3.63) is 0 Å². The van der Waals surface area contributed by atoms with Crippen LogP contribution in [-0.2, 0) is 38.4 Å². The molecule has 262 valence electrons. The van der Waals surface area contributed by atoms with E-state index in [0.29, 0.717) is 12.8 Å². The van der Waals surface area contributed by atoms with Crippen LogP contribution in [0.3, 0.4) is 0 Å². The number of nitrogens with two attached hydrogens (primary N) is 1. The molecule has 18 nitrogen and oxygen atoms in total. The second-order valence-electron chi connectivity index (χ2n) is 11.1. The topological polar surface area (TPSA) is 304 Å². The van der Waals surface area contributed by atoms with Gasteiger partial charge in [0.1, 0.15) is 30.2 Å². The maximum Gasteiger partial charge on any atom is 0.326 e. The lowest BCUT2D eigenvalue weighted by Crippen LogP contribution is -2.60. The minimum absolute atomic E-state index is 0.158. The van der Waals surface area contributed by atoms with Crippen molar-refractivity contribution in [2.75, 3.05) is 6.61 Å². The van der Waals surface area contributed by atoms with E-state index >= 15 is 0 Å². The third-order valence-corrected chi connectivity index (χ3v) is 7.46. The van der Waals surface area contributed by atoms with Gasteiger partial charge in [0.25, 0.3) is 0 Å². The van der Waals surface area contributed by atoms with Crippen molar-refractivity contribution >= 4 is 47.4 Å². The van der Waals surface area contributed by atoms with Crippen LogP contribution in [0.25, 0.3) is 0 Å². The highest BCUT2D eigenvalue weighted by molar-refractivity contribution is 5.96. The summed E-state index contributed by atoms with van der Waals surface area (Å²) >= 11 is 0. The monoisotopic (exact) mass is 660 g/mol. The molecule has 0 radical (unpaired) electrons. The number of carboxylic acid groups (broad SMARTS) is 3. The number of aliphatic hydroxyl groups is 1. The van der Waals surface area contributed by atoms with Gasteiger partial charge in [-0.3, -0.25) is 33.6 Å². The minimum atomic E-state index is -1.75. The number of hydrogen-bond donors (Lipinski definition) is 10. The van der Waals surface area contributed by atoms with Gasteiger partial charge in [-0.1, -0.05) is 40.5 Å². The van der Waals surface area contributed by atoms with Crippen molar-refractivity contribution in [1.29, 1.82) is 0 Å². The summed E-state index contributed by atoms with van der Waals surface area (Å²) in [5.41, 5.74) is 5.92. The summed E-state index contributed by atoms with van der Waals surface area (Å²) in [4.78, 5) is 97.9. The Morgan fingerprint density at radius 2 is 1.04 bits per heavy atom. The number of carbonyl (C=O) groups excluding carboxylic acids is 5. The Balaban J connectivity index is 5.83. The van der Waals surface area contributed by atoms with Crippen molar-refractivity contribution in [1.82, 2.24) is 26.6 Å². The predicted molar refractivity (Wildman–Crippen MR) is 161 cm³/mol. The quantitative estimate of drug-likeness (QED) is 0.0583. The normalized spacial score (nSPS) is 16.2. The lowest BCUT2D eigenvalue weighted by atomic mass is 9.97. The van der Waals surface area contributed by atoms with Crippen LogP contribution in [0.4, 0.5) is 0 Å². The van der Waals surface area contributed by atoms with Gasteiger partial charge in [-0.05, 0) is 31.6 Å². The molecule has 0 rings (SSSR count). The average molecular weight is 661 g/mol. The number of amides is 5. The van der Waals surface area contributed by atoms with Crippen molar-refractivity contribution in [3.63, 3.8) is 0 Å². The zero-order chi connectivity index (χ0) is 35.7. The summed E-state index contributed by atoms with van der Waals surface area (Å²) in [6, 6.07) is -8.20. The SMILES string of the molecule is CC[C@H](C)[C@H](N)C(=O)N[C@@H](C)C(=O)N[C@H](C(=O)N[C@@H](CCC(=O)O)C(=O)N[C@@H](CO)C(=O)N[C@@H](CCC(=O)O)C(=O)O)[C@@H](C)CC. The first kappa shape index (κ1) is 41.7. The van der Waals surface area contributed by atoms with Crippen LogP contribution in [-0.4, -0.2) is 111 Å². The van der Waals surface area contributed by atoms with Gasteiger partial charge >= 0.3 is 17.9 Å². The van der Waals surface area contributed by atoms with E-state index in [1.807, 2.05) is 12.2 Å². The molecule has 0 aliphatic rings. The highest BCUT2D eigenvalue weighted by Crippen LogP contribution is 2.11. The van der Waals surface area contributed by atoms with Crippen LogP contribution >= 0.6 is 0 Å². The van der Waals surface area contributed by atoms with Gasteiger partial charge in [0.05, 0.1) is 12.6 Å². The molecule has 0 fully saturated rings. The molecule has 0 aliphatic heterocycles. The smallest absolute Gasteiger partial charge is 0.326 e. The van der Waals surface area contributed by atoms with Gasteiger partial charge in [-0.25, -0.2) is 4.79 Å². The second-order valence-corrected chi connectivity index (χ2v) is 11.1. The largest absolute Gasteiger partial charge is 0.481 e. The molecule has 0 bridgehead atoms. The average Bonchev–Trinajstić information content (AvgIpc) is 3.00. The van der Waals surface area contributed by atoms with E-state index in [-0.39, 0.29) is 5.92 Å². The van der Waals surface area contributed by atoms with E-state index in [4.69, 9.17) is 15.9 Å². The van der Waals surface area contributed by atoms with Gasteiger partial charge in [-0.15, -0.1) is 0 Å². The summed E-state index contributed by atoms with van der Waals surface area (Å²) in [5.74, 6) is -9.32. The molecule has 18 heteroatoms. The molecule has 0 saturated carbocycles. The van der Waals surface area contributed by atoms with Crippen LogP contribution in [0.2, 0.25) is 0 Å². The van der Waals surface area contributed by atoms with Gasteiger partial charge in [0.15, 0.2) is 0 Å². The fraction of sp³-hybridized carbons (Fsp3) is 0.714. The van der Waals surface area contributed by atoms with Gasteiger partial charge < -0.3 is 52.7 Å². The van der Waals surface area contributed by atoms with Crippen molar-refractivity contribution in [3.8, 4) is 0 Å². The Bertz CT molecular complexity index is 1100. The molecule has 0 spiro atoms. The van der Waals surface area contributed by atoms with E-state index in [1.54, 1.807) is 20.8 Å². The third-order valence-electron chi connectivity index (χ3n) is 7.46. The minimum Gasteiger partial charge on any atom is -0.481 e. The van der Waals surface area contributed by atoms with Gasteiger partial charge in [0, 0.05) is 12.8 Å². The summed E-state index contributed by atoms with van der Waals surface area (Å²) in [5, 5.41) is 48.5. The Morgan fingerprint density at radius 1 is 0.587 bits per heavy atom. The number of aliphatic hydroxyl groups excluding tert-OH is 1. The number of rotatable bonds is 22. The fourth-order valence-corrected chi connectivity index (χ4v) is 3.93. The molecular formula is C28H48N6O12. The molecule has 0 unspecified atom stereocenters. The molecule has 0 aromatic carbocycles. The number of nitrogens with one attached hydrogen (secondary N) is 5. The van der Waals surface area contributed by atoms with E-state index in [9.17, 15) is 48.6 Å². The molecule has 0 aliphatic carbocycles. The number of aliphatic carboxylic acids is 3. The predicted octanol–water partition coefficient (Wildman–Crippen LogP) is -2.34. The van der Waals surface area contributed by atoms with E-state index in [2.05, 4.69) is 21.3 Å². The first-order valence-corrected chi connectivity index (χ1v) is 14.9. The maximum absolute atomic E-state index is 13.4. The van der Waals surface area contributed by atoms with Crippen molar-refractivity contribution < 1.29 is 58.8 Å². The van der Waals surface area contributed by atoms with Crippen LogP contribution in [0.1, 0.15) is 73.1 Å². The lowest BCUT2D eigenvalue weighted by molar-refractivity contribution is -0.143. The Hall–Kier alpha value is -4.32. The lowest BCUT2D eigenvalue weighted by Gasteiger charge is -2.28. The molecule has 11 N–H and O–H groups in total. The fourth-order valence-electron chi connectivity index (χ4n) is 3.93. The summed E-state index contributed by atoms with van der Waals surface area (Å²) in [7, 11) is 0. The molecule has 0 saturated heterocycles. The molecule has 0 aromatic rings. The zero-order valence-electron chi connectivity index (χ0n) is 26.7. The highest BCUT2D eigenvalue weighted by Gasteiger charge is 2.34. The second kappa shape index (κ2) is 20.7. The van der Waals surface area contributed by atoms with E-state index < -0.39 is 122 Å². The van der Waals surface area contributed by atoms with Crippen LogP contribution in [0, 0.1) is 11.8 Å². The summed E-state index contributed by atoms with van der Waals surface area (Å²) in [6.07, 6.45) is -1.16. The number of carbonyl (C=O) groups is 8. The molecular weight excluding hydrogens is 612 g/mol. The van der Waals surface area contributed by atoms with E-state index in [1.165, 1.54) is 6.92 Å². The zero-order valence-corrected chi connectivity index (χ0v) is 26.7. The van der Waals surface area contributed by atoms with Crippen LogP contribution < -0.4 is 32.3 Å². The van der Waals surface area contributed by atoms with Crippen molar-refractivity contribution in [2.45, 2.75) is 109 Å². The molecule has 0 heterocycles. The standard InChI is InChI=1S/C28H48N6O12/c1-6-13(3)21(29)26(43)30-15(5)23(40)34-22(14(4)7-2)27(44)31-16(8-10-19(36)37)24(41)33-18(12-35)25(42)32-17(28(45)46)9-11-20(38)39/h13-18,21-22,35H,6-12,29H2,1-5H3,(H,30,43)(H,31,44)(H,32,42)(H,33,41)(H,34,40)(H,36,37)(H,38,39)(H,45,46)/t13-,14-,15-,16-,17-,18-,21-,22-/m0/s1. The number of hydrogen-bond acceptors (Lipinski definition) is 10. The van der Waals surface area contributed by atoms with Gasteiger partial charge in [0.2, 0.25) is 29.5 Å². The van der Waals surface area contributed by atoms with Crippen molar-refractivity contribution in [2.24, 2.45) is 17.6 Å². The molecule has 8 atom stereocenters. The molecule has 46 heavy (non-hydrogen) atoms. The summed E-state index contributed by atoms with van der Waals surface area (Å²) in [6.45, 7) is 7.35. The first-order chi connectivity index (χ1) is 21.4. The van der Waals surface area contributed by atoms with E-state index in [0.717, 1.165) is 0 Å². The molecule has 0 aromatic heterocycles. The summed E-state index contributed by atoms with van der Waals surface area (Å²) < 4.78 is 0. The first-order valence-electron chi connectivity index (χ1n) is 14.9. The molecule has 5 amide bonds.